The Kier molecular flexibility index (Phi) is 4.58. The third kappa shape index (κ3) is 3.65. The number of Topliss-reactive ketones (excluding diaryl/α,β-unsaturated/α-hetero) is 1. The molecule has 0 unspecified atom stereocenters. The van der Waals surface area contributed by atoms with Crippen molar-refractivity contribution in [2.24, 2.45) is 11.8 Å². The molecule has 0 aliphatic heterocycles. The standard InChI is InChI=1S/C14H28O2Si/c1-11(15)13-9-7-8-12(13)10-16-17(5,6)14(2,3)4/h12-13H,7-10H2,1-6H3/t12-,13-/m0/s1. The number of ketones is 1. The van der Waals surface area contributed by atoms with Gasteiger partial charge in [-0.15, -0.1) is 0 Å². The monoisotopic (exact) mass is 256 g/mol. The first-order valence-corrected chi connectivity index (χ1v) is 9.70. The van der Waals surface area contributed by atoms with Gasteiger partial charge in [-0.3, -0.25) is 4.79 Å². The van der Waals surface area contributed by atoms with Crippen molar-refractivity contribution >= 4 is 14.1 Å². The van der Waals surface area contributed by atoms with Gasteiger partial charge in [0.15, 0.2) is 8.32 Å². The zero-order valence-corrected chi connectivity index (χ0v) is 13.3. The topological polar surface area (TPSA) is 26.3 Å². The Morgan fingerprint density at radius 2 is 1.88 bits per heavy atom. The van der Waals surface area contributed by atoms with Crippen LogP contribution in [-0.2, 0) is 9.22 Å². The lowest BCUT2D eigenvalue weighted by atomic mass is 9.94. The first-order valence-electron chi connectivity index (χ1n) is 6.79. The van der Waals surface area contributed by atoms with Crippen LogP contribution in [0.2, 0.25) is 18.1 Å². The SMILES string of the molecule is CC(=O)[C@@H]1CCC[C@H]1CO[Si](C)(C)C(C)(C)C. The summed E-state index contributed by atoms with van der Waals surface area (Å²) in [5.74, 6) is 1.09. The second-order valence-corrected chi connectivity index (χ2v) is 11.8. The Hall–Kier alpha value is -0.153. The lowest BCUT2D eigenvalue weighted by Gasteiger charge is -2.37. The fourth-order valence-corrected chi connectivity index (χ4v) is 3.37. The molecule has 0 saturated heterocycles. The minimum atomic E-state index is -1.65. The minimum Gasteiger partial charge on any atom is -0.417 e. The van der Waals surface area contributed by atoms with Crippen LogP contribution in [0, 0.1) is 11.8 Å². The van der Waals surface area contributed by atoms with Crippen LogP contribution in [0.1, 0.15) is 47.0 Å². The molecule has 1 saturated carbocycles. The summed E-state index contributed by atoms with van der Waals surface area (Å²) in [5.41, 5.74) is 0. The van der Waals surface area contributed by atoms with E-state index in [-0.39, 0.29) is 11.0 Å². The lowest BCUT2D eigenvalue weighted by Crippen LogP contribution is -2.42. The van der Waals surface area contributed by atoms with Crippen molar-refractivity contribution in [3.05, 3.63) is 0 Å². The molecule has 1 aliphatic carbocycles. The quantitative estimate of drug-likeness (QED) is 0.710. The fraction of sp³-hybridized carbons (Fsp3) is 0.929. The summed E-state index contributed by atoms with van der Waals surface area (Å²) >= 11 is 0. The maximum Gasteiger partial charge on any atom is 0.191 e. The molecular formula is C14H28O2Si. The Balaban J connectivity index is 2.53. The van der Waals surface area contributed by atoms with Gasteiger partial charge in [0.2, 0.25) is 0 Å². The van der Waals surface area contributed by atoms with Gasteiger partial charge in [0.1, 0.15) is 5.78 Å². The molecule has 0 radical (unpaired) electrons. The van der Waals surface area contributed by atoms with Gasteiger partial charge in [-0.2, -0.15) is 0 Å². The summed E-state index contributed by atoms with van der Waals surface area (Å²) in [7, 11) is -1.65. The summed E-state index contributed by atoms with van der Waals surface area (Å²) in [5, 5.41) is 0.261. The van der Waals surface area contributed by atoms with Gasteiger partial charge < -0.3 is 4.43 Å². The van der Waals surface area contributed by atoms with E-state index in [0.717, 1.165) is 13.0 Å². The van der Waals surface area contributed by atoms with Crippen molar-refractivity contribution in [2.75, 3.05) is 6.61 Å². The Morgan fingerprint density at radius 3 is 2.35 bits per heavy atom. The van der Waals surface area contributed by atoms with Crippen LogP contribution in [0.5, 0.6) is 0 Å². The first kappa shape index (κ1) is 14.9. The largest absolute Gasteiger partial charge is 0.417 e. The molecule has 0 spiro atoms. The molecule has 0 aromatic rings. The number of hydrogen-bond donors (Lipinski definition) is 0. The molecule has 17 heavy (non-hydrogen) atoms. The van der Waals surface area contributed by atoms with E-state index in [9.17, 15) is 4.79 Å². The Morgan fingerprint density at radius 1 is 1.29 bits per heavy atom. The Labute approximate surface area is 107 Å². The van der Waals surface area contributed by atoms with Crippen molar-refractivity contribution in [2.45, 2.75) is 65.1 Å². The van der Waals surface area contributed by atoms with Gasteiger partial charge in [0.05, 0.1) is 0 Å². The lowest BCUT2D eigenvalue weighted by molar-refractivity contribution is -0.122. The number of hydrogen-bond acceptors (Lipinski definition) is 2. The highest BCUT2D eigenvalue weighted by Gasteiger charge is 2.39. The predicted molar refractivity (Wildman–Crippen MR) is 74.7 cm³/mol. The highest BCUT2D eigenvalue weighted by Crippen LogP contribution is 2.39. The van der Waals surface area contributed by atoms with E-state index >= 15 is 0 Å². The second-order valence-electron chi connectivity index (χ2n) is 6.98. The molecule has 1 aliphatic rings. The summed E-state index contributed by atoms with van der Waals surface area (Å²) in [6.45, 7) is 13.9. The van der Waals surface area contributed by atoms with Crippen LogP contribution in [-0.4, -0.2) is 20.7 Å². The van der Waals surface area contributed by atoms with Crippen LogP contribution in [0.25, 0.3) is 0 Å². The highest BCUT2D eigenvalue weighted by atomic mass is 28.4. The molecule has 0 heterocycles. The van der Waals surface area contributed by atoms with Crippen molar-refractivity contribution in [1.29, 1.82) is 0 Å². The van der Waals surface area contributed by atoms with Crippen molar-refractivity contribution in [3.8, 4) is 0 Å². The van der Waals surface area contributed by atoms with Gasteiger partial charge in [0, 0.05) is 12.5 Å². The summed E-state index contributed by atoms with van der Waals surface area (Å²) in [6.07, 6.45) is 3.43. The zero-order valence-electron chi connectivity index (χ0n) is 12.3. The van der Waals surface area contributed by atoms with E-state index in [1.165, 1.54) is 12.8 Å². The van der Waals surface area contributed by atoms with Gasteiger partial charge in [-0.1, -0.05) is 27.2 Å². The molecule has 3 heteroatoms. The third-order valence-electron chi connectivity index (χ3n) is 4.65. The van der Waals surface area contributed by atoms with Crippen LogP contribution < -0.4 is 0 Å². The third-order valence-corrected chi connectivity index (χ3v) is 9.15. The normalized spacial score (nSPS) is 26.2. The van der Waals surface area contributed by atoms with E-state index in [1.807, 2.05) is 0 Å². The highest BCUT2D eigenvalue weighted by molar-refractivity contribution is 6.74. The molecule has 0 aromatic carbocycles. The molecule has 0 aromatic heterocycles. The minimum absolute atomic E-state index is 0.261. The van der Waals surface area contributed by atoms with E-state index < -0.39 is 8.32 Å². The van der Waals surface area contributed by atoms with Gasteiger partial charge in [-0.25, -0.2) is 0 Å². The average molecular weight is 256 g/mol. The van der Waals surface area contributed by atoms with Crippen molar-refractivity contribution < 1.29 is 9.22 Å². The summed E-state index contributed by atoms with van der Waals surface area (Å²) in [6, 6.07) is 0. The van der Waals surface area contributed by atoms with Crippen LogP contribution in [0.15, 0.2) is 0 Å². The number of carbonyl (C=O) groups is 1. The Bertz CT molecular complexity index is 278. The van der Waals surface area contributed by atoms with Gasteiger partial charge in [0.25, 0.3) is 0 Å². The van der Waals surface area contributed by atoms with Crippen molar-refractivity contribution in [3.63, 3.8) is 0 Å². The fourth-order valence-electron chi connectivity index (χ4n) is 2.30. The van der Waals surface area contributed by atoms with E-state index in [0.29, 0.717) is 11.7 Å². The van der Waals surface area contributed by atoms with Crippen LogP contribution >= 0.6 is 0 Å². The maximum atomic E-state index is 11.5. The second kappa shape index (κ2) is 5.23. The zero-order chi connectivity index (χ0) is 13.3. The average Bonchev–Trinajstić information content (AvgIpc) is 2.60. The maximum absolute atomic E-state index is 11.5. The first-order chi connectivity index (χ1) is 7.65. The molecule has 1 rings (SSSR count). The number of rotatable bonds is 4. The van der Waals surface area contributed by atoms with E-state index in [4.69, 9.17) is 4.43 Å². The van der Waals surface area contributed by atoms with Crippen molar-refractivity contribution in [1.82, 2.24) is 0 Å². The van der Waals surface area contributed by atoms with E-state index in [1.54, 1.807) is 6.92 Å². The predicted octanol–water partition coefficient (Wildman–Crippen LogP) is 4.01. The molecular weight excluding hydrogens is 228 g/mol. The van der Waals surface area contributed by atoms with Gasteiger partial charge in [-0.05, 0) is 43.8 Å². The molecule has 2 nitrogen and oxygen atoms in total. The molecule has 1 fully saturated rings. The molecule has 100 valence electrons. The molecule has 0 bridgehead atoms. The number of carbonyl (C=O) groups excluding carboxylic acids is 1. The van der Waals surface area contributed by atoms with Crippen LogP contribution in [0.3, 0.4) is 0 Å². The summed E-state index contributed by atoms with van der Waals surface area (Å²) < 4.78 is 6.24. The summed E-state index contributed by atoms with van der Waals surface area (Å²) in [4.78, 5) is 11.5. The smallest absolute Gasteiger partial charge is 0.191 e. The van der Waals surface area contributed by atoms with E-state index in [2.05, 4.69) is 33.9 Å². The molecule has 0 N–H and O–H groups in total. The molecule has 0 amide bonds. The molecule has 2 atom stereocenters. The van der Waals surface area contributed by atoms with Gasteiger partial charge >= 0.3 is 0 Å². The van der Waals surface area contributed by atoms with Crippen LogP contribution in [0.4, 0.5) is 0 Å².